The van der Waals surface area contributed by atoms with Gasteiger partial charge in [-0.1, -0.05) is 13.3 Å². The molecule has 2 N–H and O–H groups in total. The molecule has 6 nitrogen and oxygen atoms in total. The van der Waals surface area contributed by atoms with Crippen LogP contribution in [0.1, 0.15) is 37.0 Å². The van der Waals surface area contributed by atoms with Gasteiger partial charge in [-0.15, -0.1) is 0 Å². The van der Waals surface area contributed by atoms with Gasteiger partial charge < -0.3 is 10.4 Å². The number of nitro groups is 1. The maximum Gasteiger partial charge on any atom is 0.280 e. The Morgan fingerprint density at radius 3 is 2.70 bits per heavy atom. The highest BCUT2D eigenvalue weighted by molar-refractivity contribution is 5.99. The van der Waals surface area contributed by atoms with Gasteiger partial charge >= 0.3 is 0 Å². The molecule has 0 aliphatic carbocycles. The molecule has 0 heterocycles. The number of hydrogen-bond acceptors (Lipinski definition) is 5. The molecule has 0 saturated carbocycles. The third-order valence-corrected chi connectivity index (χ3v) is 3.28. The average molecular weight is 280 g/mol. The van der Waals surface area contributed by atoms with Crippen LogP contribution in [0.4, 0.5) is 11.4 Å². The monoisotopic (exact) mass is 280 g/mol. The van der Waals surface area contributed by atoms with E-state index in [2.05, 4.69) is 5.32 Å². The van der Waals surface area contributed by atoms with Crippen LogP contribution < -0.4 is 5.32 Å². The van der Waals surface area contributed by atoms with Gasteiger partial charge in [-0.05, 0) is 31.4 Å². The van der Waals surface area contributed by atoms with E-state index in [1.54, 1.807) is 6.07 Å². The zero-order valence-electron chi connectivity index (χ0n) is 11.8. The summed E-state index contributed by atoms with van der Waals surface area (Å²) in [4.78, 5) is 21.7. The van der Waals surface area contributed by atoms with E-state index in [1.807, 2.05) is 6.92 Å². The molecule has 20 heavy (non-hydrogen) atoms. The van der Waals surface area contributed by atoms with E-state index in [-0.39, 0.29) is 23.6 Å². The average Bonchev–Trinajstić information content (AvgIpc) is 2.42. The summed E-state index contributed by atoms with van der Waals surface area (Å²) in [6, 6.07) is 4.44. The predicted molar refractivity (Wildman–Crippen MR) is 77.1 cm³/mol. The van der Waals surface area contributed by atoms with Gasteiger partial charge in [-0.2, -0.15) is 0 Å². The quantitative estimate of drug-likeness (QED) is 0.434. The number of nitrogens with zero attached hydrogens (tertiary/aromatic N) is 1. The molecule has 0 bridgehead atoms. The van der Waals surface area contributed by atoms with Crippen LogP contribution in [0.15, 0.2) is 18.2 Å². The molecular weight excluding hydrogens is 260 g/mol. The van der Waals surface area contributed by atoms with E-state index >= 15 is 0 Å². The van der Waals surface area contributed by atoms with E-state index in [9.17, 15) is 14.9 Å². The minimum absolute atomic E-state index is 0.107. The Balaban J connectivity index is 2.84. The van der Waals surface area contributed by atoms with Crippen molar-refractivity contribution >= 4 is 17.2 Å². The van der Waals surface area contributed by atoms with Crippen LogP contribution in [0.25, 0.3) is 0 Å². The Hall–Kier alpha value is -1.95. The molecule has 6 heteroatoms. The number of benzene rings is 1. The molecule has 0 fully saturated rings. The van der Waals surface area contributed by atoms with Crippen molar-refractivity contribution in [3.05, 3.63) is 33.9 Å². The Morgan fingerprint density at radius 2 is 2.20 bits per heavy atom. The lowest BCUT2D eigenvalue weighted by Crippen LogP contribution is -2.15. The summed E-state index contributed by atoms with van der Waals surface area (Å²) in [7, 11) is 0. The van der Waals surface area contributed by atoms with E-state index in [4.69, 9.17) is 5.11 Å². The van der Waals surface area contributed by atoms with Gasteiger partial charge in [-0.3, -0.25) is 14.9 Å². The molecule has 0 saturated heterocycles. The lowest BCUT2D eigenvalue weighted by atomic mass is 10.0. The molecule has 1 aromatic carbocycles. The number of nitrogens with one attached hydrogen (secondary N) is 1. The van der Waals surface area contributed by atoms with Gasteiger partial charge in [0.25, 0.3) is 5.69 Å². The first kappa shape index (κ1) is 16.1. The number of aliphatic hydroxyl groups is 1. The van der Waals surface area contributed by atoms with Gasteiger partial charge in [0.1, 0.15) is 0 Å². The topological polar surface area (TPSA) is 92.5 Å². The normalized spacial score (nSPS) is 11.9. The molecule has 1 atom stereocenters. The number of carbonyl (C=O) groups excluding carboxylic acids is 1. The summed E-state index contributed by atoms with van der Waals surface area (Å²) in [5.74, 6) is -0.00119. The second-order valence-electron chi connectivity index (χ2n) is 4.71. The van der Waals surface area contributed by atoms with Crippen molar-refractivity contribution in [3.8, 4) is 0 Å². The summed E-state index contributed by atoms with van der Waals surface area (Å²) in [5.41, 5.74) is 0.609. The molecule has 1 rings (SSSR count). The molecule has 1 aromatic rings. The summed E-state index contributed by atoms with van der Waals surface area (Å²) >= 11 is 0. The van der Waals surface area contributed by atoms with Gasteiger partial charge in [0, 0.05) is 24.9 Å². The number of hydrogen-bond donors (Lipinski definition) is 2. The molecule has 0 amide bonds. The van der Waals surface area contributed by atoms with Crippen molar-refractivity contribution in [2.24, 2.45) is 5.92 Å². The number of Topliss-reactive ketones (excluding diaryl/α,β-unsaturated/α-hetero) is 1. The molecular formula is C14H20N2O4. The fourth-order valence-electron chi connectivity index (χ4n) is 1.98. The summed E-state index contributed by atoms with van der Waals surface area (Å²) < 4.78 is 0. The zero-order chi connectivity index (χ0) is 15.1. The van der Waals surface area contributed by atoms with Crippen LogP contribution in [0.3, 0.4) is 0 Å². The Labute approximate surface area is 118 Å². The highest BCUT2D eigenvalue weighted by Gasteiger charge is 2.17. The van der Waals surface area contributed by atoms with E-state index in [1.165, 1.54) is 19.1 Å². The van der Waals surface area contributed by atoms with Crippen molar-refractivity contribution in [1.82, 2.24) is 0 Å². The lowest BCUT2D eigenvalue weighted by Gasteiger charge is -2.15. The van der Waals surface area contributed by atoms with Crippen LogP contribution in [0, 0.1) is 16.0 Å². The standard InChI is InChI=1S/C14H20N2O4/c1-3-11(6-7-17)9-15-12-4-5-14(16(19)20)13(8-12)10(2)18/h4-5,8,11,15,17H,3,6-7,9H2,1-2H3/t11-/m1/s1. The Kier molecular flexibility index (Phi) is 6.11. The van der Waals surface area contributed by atoms with Crippen molar-refractivity contribution in [2.45, 2.75) is 26.7 Å². The second-order valence-corrected chi connectivity index (χ2v) is 4.71. The minimum Gasteiger partial charge on any atom is -0.396 e. The third kappa shape index (κ3) is 4.31. The maximum absolute atomic E-state index is 11.5. The van der Waals surface area contributed by atoms with Gasteiger partial charge in [0.2, 0.25) is 0 Å². The molecule has 0 aliphatic rings. The van der Waals surface area contributed by atoms with Crippen molar-refractivity contribution in [3.63, 3.8) is 0 Å². The fraction of sp³-hybridized carbons (Fsp3) is 0.500. The first-order valence-electron chi connectivity index (χ1n) is 6.63. The number of carbonyl (C=O) groups is 1. The van der Waals surface area contributed by atoms with Crippen LogP contribution in [0.5, 0.6) is 0 Å². The predicted octanol–water partition coefficient (Wildman–Crippen LogP) is 2.62. The molecule has 0 aromatic heterocycles. The fourth-order valence-corrected chi connectivity index (χ4v) is 1.98. The molecule has 0 aliphatic heterocycles. The smallest absolute Gasteiger partial charge is 0.280 e. The summed E-state index contributed by atoms with van der Waals surface area (Å²) in [6.07, 6.45) is 1.64. The lowest BCUT2D eigenvalue weighted by molar-refractivity contribution is -0.385. The maximum atomic E-state index is 11.5. The number of aliphatic hydroxyl groups excluding tert-OH is 1. The van der Waals surface area contributed by atoms with Crippen molar-refractivity contribution in [2.75, 3.05) is 18.5 Å². The van der Waals surface area contributed by atoms with Gasteiger partial charge in [0.15, 0.2) is 5.78 Å². The van der Waals surface area contributed by atoms with Gasteiger partial charge in [-0.25, -0.2) is 0 Å². The Bertz CT molecular complexity index is 488. The Morgan fingerprint density at radius 1 is 1.50 bits per heavy atom. The van der Waals surface area contributed by atoms with Crippen LogP contribution in [-0.2, 0) is 0 Å². The summed E-state index contributed by atoms with van der Waals surface area (Å²) in [5, 5.41) is 22.9. The molecule has 0 spiro atoms. The first-order valence-corrected chi connectivity index (χ1v) is 6.63. The highest BCUT2D eigenvalue weighted by atomic mass is 16.6. The third-order valence-electron chi connectivity index (χ3n) is 3.28. The number of anilines is 1. The van der Waals surface area contributed by atoms with Gasteiger partial charge in [0.05, 0.1) is 10.5 Å². The number of rotatable bonds is 8. The van der Waals surface area contributed by atoms with Crippen LogP contribution in [0.2, 0.25) is 0 Å². The SMILES string of the molecule is CC[C@H](CCO)CNc1ccc([N+](=O)[O-])c(C(C)=O)c1. The zero-order valence-corrected chi connectivity index (χ0v) is 11.8. The van der Waals surface area contributed by atoms with E-state index < -0.39 is 4.92 Å². The second kappa shape index (κ2) is 7.59. The first-order chi connectivity index (χ1) is 9.49. The van der Waals surface area contributed by atoms with Crippen LogP contribution in [-0.4, -0.2) is 29.0 Å². The minimum atomic E-state index is -0.554. The van der Waals surface area contributed by atoms with Crippen molar-refractivity contribution in [1.29, 1.82) is 0 Å². The van der Waals surface area contributed by atoms with E-state index in [0.29, 0.717) is 24.6 Å². The van der Waals surface area contributed by atoms with E-state index in [0.717, 1.165) is 6.42 Å². The summed E-state index contributed by atoms with van der Waals surface area (Å²) in [6.45, 7) is 4.15. The molecule has 110 valence electrons. The van der Waals surface area contributed by atoms with Crippen molar-refractivity contribution < 1.29 is 14.8 Å². The highest BCUT2D eigenvalue weighted by Crippen LogP contribution is 2.23. The van der Waals surface area contributed by atoms with Crippen LogP contribution >= 0.6 is 0 Å². The molecule has 0 radical (unpaired) electrons. The largest absolute Gasteiger partial charge is 0.396 e. The number of nitro benzene ring substituents is 1. The number of ketones is 1. The molecule has 0 unspecified atom stereocenters.